The Bertz CT molecular complexity index is 1420. The number of hydrogen-bond donors (Lipinski definition) is 3. The van der Waals surface area contributed by atoms with Gasteiger partial charge in [0, 0.05) is 13.0 Å². The summed E-state index contributed by atoms with van der Waals surface area (Å²) in [4.78, 5) is 33.7. The van der Waals surface area contributed by atoms with Crippen molar-refractivity contribution in [3.05, 3.63) is 90.0 Å². The maximum absolute atomic E-state index is 12.6. The predicted octanol–water partition coefficient (Wildman–Crippen LogP) is 4.94. The van der Waals surface area contributed by atoms with Gasteiger partial charge in [-0.1, -0.05) is 48.5 Å². The molecule has 4 rings (SSSR count). The Morgan fingerprint density at radius 2 is 1.77 bits per heavy atom. The van der Waals surface area contributed by atoms with Crippen LogP contribution in [0.25, 0.3) is 0 Å². The van der Waals surface area contributed by atoms with Gasteiger partial charge in [0.2, 0.25) is 0 Å². The highest BCUT2D eigenvalue weighted by atomic mass is 31.2. The Morgan fingerprint density at radius 1 is 1.02 bits per heavy atom. The first kappa shape index (κ1) is 33.2. The lowest BCUT2D eigenvalue weighted by molar-refractivity contribution is -0.151. The topological polar surface area (TPSA) is 164 Å². The molecule has 4 atom stereocenters. The van der Waals surface area contributed by atoms with Crippen molar-refractivity contribution >= 4 is 19.5 Å². The third kappa shape index (κ3) is 10.8. The monoisotopic (exact) mass is 627 g/mol. The van der Waals surface area contributed by atoms with Gasteiger partial charge in [-0.05, 0) is 66.6 Å². The maximum Gasteiger partial charge on any atom is 0.328 e. The van der Waals surface area contributed by atoms with E-state index in [1.165, 1.54) is 0 Å². The molecule has 3 aromatic rings. The molecule has 1 unspecified atom stereocenters. The molecule has 0 aromatic heterocycles. The van der Waals surface area contributed by atoms with E-state index in [0.29, 0.717) is 44.0 Å². The van der Waals surface area contributed by atoms with E-state index >= 15 is 0 Å². The van der Waals surface area contributed by atoms with E-state index in [9.17, 15) is 19.0 Å². The lowest BCUT2D eigenvalue weighted by Crippen LogP contribution is -2.37. The third-order valence-electron chi connectivity index (χ3n) is 7.07. The first-order chi connectivity index (χ1) is 21.2. The molecular formula is C32H38NO10P. The standard InChI is InChI=1S/C32H38NO10P/c33-28(32(35)36)20-42-44(37,38)22-25-10-7-17-39-30(25)21-41-31(34)16-15-24-9-4-5-14-29(24)40-19-23-8-6-13-27(18-23)43-26-11-2-1-3-12-26/h1-6,8-9,11-14,18,25,28,30H,7,10,15-17,19-22,33H2,(H,35,36)(H,37,38)/t25-,28-,30+/m0/s1. The Balaban J connectivity index is 1.25. The summed E-state index contributed by atoms with van der Waals surface area (Å²) in [6.07, 6.45) is 0.908. The summed E-state index contributed by atoms with van der Waals surface area (Å²) in [6.45, 7) is 0.0913. The molecular weight excluding hydrogens is 589 g/mol. The van der Waals surface area contributed by atoms with Crippen LogP contribution < -0.4 is 15.2 Å². The summed E-state index contributed by atoms with van der Waals surface area (Å²) in [7, 11) is -4.13. The molecule has 44 heavy (non-hydrogen) atoms. The Kier molecular flexibility index (Phi) is 12.3. The zero-order chi connectivity index (χ0) is 31.4. The van der Waals surface area contributed by atoms with Crippen LogP contribution in [-0.4, -0.2) is 60.1 Å². The number of aryl methyl sites for hydroxylation is 1. The van der Waals surface area contributed by atoms with Gasteiger partial charge < -0.3 is 39.2 Å². The van der Waals surface area contributed by atoms with Gasteiger partial charge in [-0.2, -0.15) is 0 Å². The van der Waals surface area contributed by atoms with Gasteiger partial charge in [0.05, 0.1) is 18.9 Å². The summed E-state index contributed by atoms with van der Waals surface area (Å²) in [5.41, 5.74) is 7.15. The highest BCUT2D eigenvalue weighted by Crippen LogP contribution is 2.46. The molecule has 0 spiro atoms. The SMILES string of the molecule is N[C@@H](COP(=O)(O)C[C@@H]1CCCO[C@@H]1COC(=O)CCc1ccccc1OCc1cccc(Oc2ccccc2)c1)C(=O)O. The van der Waals surface area contributed by atoms with Crippen LogP contribution in [0.4, 0.5) is 0 Å². The normalized spacial score (nSPS) is 18.5. The fraction of sp³-hybridized carbons (Fsp3) is 0.375. The second-order valence-electron chi connectivity index (χ2n) is 10.5. The van der Waals surface area contributed by atoms with Crippen LogP contribution in [0.3, 0.4) is 0 Å². The predicted molar refractivity (Wildman–Crippen MR) is 162 cm³/mol. The summed E-state index contributed by atoms with van der Waals surface area (Å²) in [5, 5.41) is 8.86. The van der Waals surface area contributed by atoms with Crippen LogP contribution in [0, 0.1) is 5.92 Å². The number of carbonyl (C=O) groups is 2. The van der Waals surface area contributed by atoms with Crippen molar-refractivity contribution in [1.82, 2.24) is 0 Å². The van der Waals surface area contributed by atoms with Crippen molar-refractivity contribution < 1.29 is 47.6 Å². The fourth-order valence-electron chi connectivity index (χ4n) is 4.73. The molecule has 12 heteroatoms. The third-order valence-corrected chi connectivity index (χ3v) is 8.55. The number of carbonyl (C=O) groups excluding carboxylic acids is 1. The Morgan fingerprint density at radius 3 is 2.57 bits per heavy atom. The van der Waals surface area contributed by atoms with E-state index < -0.39 is 44.2 Å². The molecule has 11 nitrogen and oxygen atoms in total. The minimum atomic E-state index is -4.13. The van der Waals surface area contributed by atoms with Crippen molar-refractivity contribution in [2.75, 3.05) is 26.0 Å². The van der Waals surface area contributed by atoms with E-state index in [0.717, 1.165) is 16.9 Å². The zero-order valence-corrected chi connectivity index (χ0v) is 25.2. The molecule has 0 radical (unpaired) electrons. The van der Waals surface area contributed by atoms with Crippen LogP contribution >= 0.6 is 7.60 Å². The van der Waals surface area contributed by atoms with Crippen molar-refractivity contribution in [3.63, 3.8) is 0 Å². The smallest absolute Gasteiger partial charge is 0.328 e. The van der Waals surface area contributed by atoms with E-state index in [1.54, 1.807) is 0 Å². The van der Waals surface area contributed by atoms with Gasteiger partial charge in [-0.25, -0.2) is 0 Å². The van der Waals surface area contributed by atoms with Gasteiger partial charge in [-0.15, -0.1) is 0 Å². The van der Waals surface area contributed by atoms with Crippen LogP contribution in [0.2, 0.25) is 0 Å². The van der Waals surface area contributed by atoms with E-state index in [1.807, 2.05) is 78.9 Å². The van der Waals surface area contributed by atoms with Gasteiger partial charge in [0.1, 0.15) is 36.5 Å². The number of esters is 1. The molecule has 236 valence electrons. The molecule has 0 amide bonds. The minimum Gasteiger partial charge on any atom is -0.489 e. The largest absolute Gasteiger partial charge is 0.489 e. The lowest BCUT2D eigenvalue weighted by Gasteiger charge is -2.32. The number of benzene rings is 3. The number of ether oxygens (including phenoxy) is 4. The van der Waals surface area contributed by atoms with Gasteiger partial charge in [0.25, 0.3) is 0 Å². The van der Waals surface area contributed by atoms with Crippen molar-refractivity contribution in [3.8, 4) is 17.2 Å². The van der Waals surface area contributed by atoms with Crippen LogP contribution in [0.5, 0.6) is 17.2 Å². The molecule has 1 fully saturated rings. The Hall–Kier alpha value is -3.73. The van der Waals surface area contributed by atoms with Crippen molar-refractivity contribution in [1.29, 1.82) is 0 Å². The molecule has 0 saturated carbocycles. The number of para-hydroxylation sites is 2. The number of aliphatic carboxylic acids is 1. The molecule has 1 heterocycles. The zero-order valence-electron chi connectivity index (χ0n) is 24.3. The van der Waals surface area contributed by atoms with Crippen LogP contribution in [0.15, 0.2) is 78.9 Å². The average molecular weight is 628 g/mol. The van der Waals surface area contributed by atoms with Crippen molar-refractivity contribution in [2.45, 2.75) is 44.4 Å². The molecule has 1 aliphatic rings. The van der Waals surface area contributed by atoms with E-state index in [-0.39, 0.29) is 19.2 Å². The fourth-order valence-corrected chi connectivity index (χ4v) is 6.24. The molecule has 1 aliphatic heterocycles. The number of nitrogens with two attached hydrogens (primary N) is 1. The van der Waals surface area contributed by atoms with Gasteiger partial charge in [-0.3, -0.25) is 14.2 Å². The second kappa shape index (κ2) is 16.4. The first-order valence-electron chi connectivity index (χ1n) is 14.4. The van der Waals surface area contributed by atoms with E-state index in [4.69, 9.17) is 34.3 Å². The maximum atomic E-state index is 12.6. The summed E-state index contributed by atoms with van der Waals surface area (Å²) in [6, 6.07) is 23.3. The molecule has 3 aromatic carbocycles. The van der Waals surface area contributed by atoms with Gasteiger partial charge in [0.15, 0.2) is 0 Å². The van der Waals surface area contributed by atoms with Crippen LogP contribution in [0.1, 0.15) is 30.4 Å². The lowest BCUT2D eigenvalue weighted by atomic mass is 9.97. The second-order valence-corrected chi connectivity index (χ2v) is 12.4. The highest BCUT2D eigenvalue weighted by molar-refractivity contribution is 7.52. The highest BCUT2D eigenvalue weighted by Gasteiger charge is 2.35. The number of hydrogen-bond acceptors (Lipinski definition) is 9. The van der Waals surface area contributed by atoms with E-state index in [2.05, 4.69) is 0 Å². The van der Waals surface area contributed by atoms with Gasteiger partial charge >= 0.3 is 19.5 Å². The average Bonchev–Trinajstić information content (AvgIpc) is 3.02. The molecule has 4 N–H and O–H groups in total. The quantitative estimate of drug-likeness (QED) is 0.146. The minimum absolute atomic E-state index is 0.0717. The first-order valence-corrected chi connectivity index (χ1v) is 16.2. The molecule has 1 saturated heterocycles. The van der Waals surface area contributed by atoms with Crippen LogP contribution in [-0.2, 0) is 41.2 Å². The summed E-state index contributed by atoms with van der Waals surface area (Å²) < 4.78 is 40.7. The Labute approximate surface area is 256 Å². The summed E-state index contributed by atoms with van der Waals surface area (Å²) in [5.74, 6) is -0.0622. The van der Waals surface area contributed by atoms with Crippen molar-refractivity contribution in [2.24, 2.45) is 11.7 Å². The molecule has 0 bridgehead atoms. The number of carboxylic acids is 1. The summed E-state index contributed by atoms with van der Waals surface area (Å²) >= 11 is 0. The number of carboxylic acid groups (broad SMARTS) is 1. The molecule has 0 aliphatic carbocycles. The number of rotatable bonds is 16.